The molecule has 0 saturated heterocycles. The van der Waals surface area contributed by atoms with Gasteiger partial charge >= 0.3 is 41.3 Å². The minimum Gasteiger partial charge on any atom is -0.562 e. The number of benzene rings is 2. The number of carbonyl (C=O) groups is 1. The van der Waals surface area contributed by atoms with Crippen LogP contribution in [0.3, 0.4) is 0 Å². The molecule has 0 unspecified atom stereocenters. The summed E-state index contributed by atoms with van der Waals surface area (Å²) in [6.45, 7) is 1.52. The van der Waals surface area contributed by atoms with Gasteiger partial charge in [-0.05, 0) is 24.1 Å². The number of nitrogens with zero attached hydrogens (tertiary/aromatic N) is 2. The second kappa shape index (κ2) is 10.2. The van der Waals surface area contributed by atoms with Gasteiger partial charge in [0.15, 0.2) is 21.8 Å². The molecule has 1 aromatic heterocycles. The SMILES string of the molecule is Cc1c(Cc2cccc([N-]S(N)(=O)=O)c2F)c(=O)oc2cc(OC(=O)N(C)C)c(F)cc12.[Na+]. The summed E-state index contributed by atoms with van der Waals surface area (Å²) in [6.07, 6.45) is -1.10. The molecule has 0 aliphatic heterocycles. The zero-order valence-corrected chi connectivity index (χ0v) is 21.0. The minimum atomic E-state index is -4.33. The van der Waals surface area contributed by atoms with E-state index in [1.165, 1.54) is 33.2 Å². The Morgan fingerprint density at radius 2 is 1.91 bits per heavy atom. The van der Waals surface area contributed by atoms with E-state index in [9.17, 15) is 26.8 Å². The van der Waals surface area contributed by atoms with E-state index in [0.717, 1.165) is 23.1 Å². The Balaban J connectivity index is 0.00000385. The molecule has 0 aliphatic rings. The van der Waals surface area contributed by atoms with E-state index < -0.39 is 45.0 Å². The van der Waals surface area contributed by atoms with Crippen molar-refractivity contribution in [3.63, 3.8) is 0 Å². The molecule has 170 valence electrons. The van der Waals surface area contributed by atoms with E-state index in [0.29, 0.717) is 5.56 Å². The zero-order chi connectivity index (χ0) is 23.8. The molecule has 0 saturated carbocycles. The molecule has 0 fully saturated rings. The third-order valence-corrected chi connectivity index (χ3v) is 5.00. The number of rotatable bonds is 5. The first-order chi connectivity index (χ1) is 14.9. The first-order valence-corrected chi connectivity index (χ1v) is 10.6. The number of fused-ring (bicyclic) bond motifs is 1. The summed E-state index contributed by atoms with van der Waals surface area (Å²) in [6, 6.07) is 5.93. The molecule has 0 spiro atoms. The molecule has 13 heteroatoms. The second-order valence-electron chi connectivity index (χ2n) is 7.07. The summed E-state index contributed by atoms with van der Waals surface area (Å²) >= 11 is 0. The summed E-state index contributed by atoms with van der Waals surface area (Å²) in [5.74, 6) is -2.26. The average Bonchev–Trinajstić information content (AvgIpc) is 2.68. The van der Waals surface area contributed by atoms with Gasteiger partial charge in [-0.25, -0.2) is 31.9 Å². The van der Waals surface area contributed by atoms with Crippen molar-refractivity contribution in [3.8, 4) is 5.75 Å². The van der Waals surface area contributed by atoms with Crippen LogP contribution in [0.25, 0.3) is 15.7 Å². The van der Waals surface area contributed by atoms with Crippen molar-refractivity contribution in [1.29, 1.82) is 0 Å². The Labute approximate surface area is 210 Å². The maximum atomic E-state index is 14.7. The fourth-order valence-electron chi connectivity index (χ4n) is 2.96. The van der Waals surface area contributed by atoms with E-state index in [-0.39, 0.29) is 58.1 Å². The predicted octanol–water partition coefficient (Wildman–Crippen LogP) is 0.244. The first kappa shape index (κ1) is 26.7. The fraction of sp³-hybridized carbons (Fsp3) is 0.200. The molecule has 2 aromatic carbocycles. The number of carbonyl (C=O) groups excluding carboxylic acids is 1. The van der Waals surface area contributed by atoms with Crippen LogP contribution in [0.1, 0.15) is 16.7 Å². The summed E-state index contributed by atoms with van der Waals surface area (Å²) in [5, 5.41) is 5.04. The molecule has 3 rings (SSSR count). The zero-order valence-electron chi connectivity index (χ0n) is 18.2. The molecule has 2 N–H and O–H groups in total. The van der Waals surface area contributed by atoms with E-state index in [4.69, 9.17) is 14.3 Å². The molecule has 1 amide bonds. The number of nitrogens with two attached hydrogens (primary N) is 1. The summed E-state index contributed by atoms with van der Waals surface area (Å²) < 4.78 is 64.8. The molecule has 9 nitrogen and oxygen atoms in total. The second-order valence-corrected chi connectivity index (χ2v) is 8.28. The van der Waals surface area contributed by atoms with Crippen molar-refractivity contribution >= 4 is 33.0 Å². The molecular weight excluding hydrogens is 471 g/mol. The van der Waals surface area contributed by atoms with Crippen molar-refractivity contribution in [2.75, 3.05) is 14.1 Å². The van der Waals surface area contributed by atoms with Crippen LogP contribution < -0.4 is 45.1 Å². The summed E-state index contributed by atoms with van der Waals surface area (Å²) in [4.78, 5) is 25.4. The third kappa shape index (κ3) is 6.09. The Bertz CT molecular complexity index is 1390. The van der Waals surface area contributed by atoms with Gasteiger partial charge in [0.05, 0.1) is 0 Å². The maximum Gasteiger partial charge on any atom is 1.00 e. The minimum absolute atomic E-state index is 0. The standard InChI is InChI=1S/C20H18F2N3O6S.Na/c1-10-12-8-14(21)17(31-20(27)25(2)3)9-16(12)30-19(26)13(10)7-11-5-4-6-15(18(11)22)24-32(23,28)29;/h4-6,8-9H,7H2,1-3H3,(H2,23,28,29);/q-1;+1. The van der Waals surface area contributed by atoms with Gasteiger partial charge in [0.1, 0.15) is 11.4 Å². The summed E-state index contributed by atoms with van der Waals surface area (Å²) in [7, 11) is -1.50. The van der Waals surface area contributed by atoms with E-state index in [1.807, 2.05) is 0 Å². The number of aryl methyl sites for hydroxylation is 1. The first-order valence-electron chi connectivity index (χ1n) is 9.05. The molecule has 0 aliphatic carbocycles. The molecule has 1 heterocycles. The van der Waals surface area contributed by atoms with Crippen LogP contribution in [0.5, 0.6) is 5.75 Å². The molecule has 0 bridgehead atoms. The van der Waals surface area contributed by atoms with Crippen molar-refractivity contribution in [2.24, 2.45) is 5.14 Å². The number of amides is 1. The summed E-state index contributed by atoms with van der Waals surface area (Å²) in [5.41, 5.74) is -1.05. The number of ether oxygens (including phenoxy) is 1. The van der Waals surface area contributed by atoms with Gasteiger partial charge in [-0.2, -0.15) is 0 Å². The van der Waals surface area contributed by atoms with Gasteiger partial charge in [-0.15, -0.1) is 0 Å². The van der Waals surface area contributed by atoms with E-state index in [2.05, 4.69) is 4.72 Å². The Morgan fingerprint density at radius 3 is 2.52 bits per heavy atom. The average molecular weight is 489 g/mol. The predicted molar refractivity (Wildman–Crippen MR) is 112 cm³/mol. The quantitative estimate of drug-likeness (QED) is 0.403. The van der Waals surface area contributed by atoms with Gasteiger partial charge in [0.25, 0.3) is 0 Å². The monoisotopic (exact) mass is 489 g/mol. The van der Waals surface area contributed by atoms with Crippen LogP contribution in [0.15, 0.2) is 39.5 Å². The molecule has 0 atom stereocenters. The normalized spacial score (nSPS) is 11.1. The Kier molecular flexibility index (Phi) is 8.25. The number of hydrogen-bond donors (Lipinski definition) is 1. The Hall–Kier alpha value is -2.51. The number of halogens is 2. The molecule has 3 aromatic rings. The Morgan fingerprint density at radius 1 is 1.24 bits per heavy atom. The van der Waals surface area contributed by atoms with Crippen LogP contribution in [0.4, 0.5) is 19.3 Å². The third-order valence-electron chi connectivity index (χ3n) is 4.55. The van der Waals surface area contributed by atoms with Crippen LogP contribution in [0, 0.1) is 18.6 Å². The molecule has 0 radical (unpaired) electrons. The fourth-order valence-corrected chi connectivity index (χ4v) is 3.37. The smallest absolute Gasteiger partial charge is 0.562 e. The van der Waals surface area contributed by atoms with Crippen LogP contribution in [0.2, 0.25) is 0 Å². The van der Waals surface area contributed by atoms with Gasteiger partial charge in [0, 0.05) is 37.5 Å². The molecule has 33 heavy (non-hydrogen) atoms. The van der Waals surface area contributed by atoms with Crippen LogP contribution in [-0.4, -0.2) is 33.5 Å². The maximum absolute atomic E-state index is 14.7. The van der Waals surface area contributed by atoms with Crippen LogP contribution >= 0.6 is 0 Å². The van der Waals surface area contributed by atoms with E-state index in [1.54, 1.807) is 0 Å². The van der Waals surface area contributed by atoms with Crippen LogP contribution in [-0.2, 0) is 16.6 Å². The van der Waals surface area contributed by atoms with Crippen molar-refractivity contribution < 1.29 is 60.7 Å². The molecular formula is C20H18F2N3NaO6S. The topological polar surface area (TPSA) is 134 Å². The van der Waals surface area contributed by atoms with Crippen molar-refractivity contribution in [2.45, 2.75) is 13.3 Å². The van der Waals surface area contributed by atoms with Crippen molar-refractivity contribution in [3.05, 3.63) is 73.8 Å². The largest absolute Gasteiger partial charge is 1.00 e. The van der Waals surface area contributed by atoms with Gasteiger partial charge < -0.3 is 18.8 Å². The van der Waals surface area contributed by atoms with Gasteiger partial charge in [0.2, 0.25) is 0 Å². The number of hydrogen-bond acceptors (Lipinski definition) is 6. The van der Waals surface area contributed by atoms with Crippen molar-refractivity contribution in [1.82, 2.24) is 4.90 Å². The van der Waals surface area contributed by atoms with Gasteiger partial charge in [-0.1, -0.05) is 23.9 Å². The van der Waals surface area contributed by atoms with E-state index >= 15 is 0 Å². The van der Waals surface area contributed by atoms with Gasteiger partial charge in [-0.3, -0.25) is 0 Å².